The smallest absolute Gasteiger partial charge is 0.321 e. The number of aliphatic carboxylic acids is 1. The number of para-hydroxylation sites is 2. The first-order chi connectivity index (χ1) is 17.0. The number of carboxylic acid groups (broad SMARTS) is 1. The van der Waals surface area contributed by atoms with E-state index in [1.165, 1.54) is 0 Å². The molecule has 0 amide bonds. The van der Waals surface area contributed by atoms with Gasteiger partial charge in [0.15, 0.2) is 11.5 Å². The molecule has 1 atom stereocenters. The molecule has 6 nitrogen and oxygen atoms in total. The lowest BCUT2D eigenvalue weighted by atomic mass is 10.0. The molecule has 0 bridgehead atoms. The van der Waals surface area contributed by atoms with Gasteiger partial charge < -0.3 is 19.6 Å². The number of fused-ring (bicyclic) bond motifs is 1. The first-order valence-electron chi connectivity index (χ1n) is 11.3. The summed E-state index contributed by atoms with van der Waals surface area (Å²) in [6.07, 6.45) is 2.20. The molecule has 35 heavy (non-hydrogen) atoms. The van der Waals surface area contributed by atoms with Crippen molar-refractivity contribution in [3.05, 3.63) is 93.6 Å². The number of carbonyl (C=O) groups is 1. The first kappa shape index (κ1) is 24.9. The second-order valence-electron chi connectivity index (χ2n) is 8.04. The highest BCUT2D eigenvalue weighted by molar-refractivity contribution is 6.35. The number of H-pyrrole nitrogens is 1. The molecule has 4 rings (SSSR count). The van der Waals surface area contributed by atoms with Crippen LogP contribution in [0.2, 0.25) is 10.0 Å². The van der Waals surface area contributed by atoms with Crippen LogP contribution in [-0.2, 0) is 24.4 Å². The van der Waals surface area contributed by atoms with Crippen LogP contribution in [0.4, 0.5) is 0 Å². The van der Waals surface area contributed by atoms with Gasteiger partial charge in [0, 0.05) is 51.2 Å². The van der Waals surface area contributed by atoms with E-state index in [2.05, 4.69) is 10.3 Å². The Labute approximate surface area is 213 Å². The molecule has 0 aliphatic carbocycles. The zero-order valence-electron chi connectivity index (χ0n) is 19.2. The zero-order chi connectivity index (χ0) is 24.8. The third-order valence-corrected chi connectivity index (χ3v) is 6.27. The lowest BCUT2D eigenvalue weighted by molar-refractivity contribution is -0.139. The van der Waals surface area contributed by atoms with Crippen molar-refractivity contribution in [3.8, 4) is 11.5 Å². The summed E-state index contributed by atoms with van der Waals surface area (Å²) in [5.41, 5.74) is 3.49. The monoisotopic (exact) mass is 512 g/mol. The molecule has 0 aliphatic rings. The third kappa shape index (κ3) is 6.09. The maximum atomic E-state index is 12.1. The van der Waals surface area contributed by atoms with Crippen LogP contribution in [0.15, 0.2) is 66.9 Å². The van der Waals surface area contributed by atoms with Crippen molar-refractivity contribution in [1.29, 1.82) is 0 Å². The average molecular weight is 513 g/mol. The van der Waals surface area contributed by atoms with Crippen molar-refractivity contribution >= 4 is 40.1 Å². The lowest BCUT2D eigenvalue weighted by Crippen LogP contribution is -2.38. The summed E-state index contributed by atoms with van der Waals surface area (Å²) in [6, 6.07) is 17.9. The van der Waals surface area contributed by atoms with Gasteiger partial charge in [-0.15, -0.1) is 0 Å². The molecule has 0 aliphatic heterocycles. The topological polar surface area (TPSA) is 83.6 Å². The van der Waals surface area contributed by atoms with Crippen molar-refractivity contribution in [2.24, 2.45) is 0 Å². The summed E-state index contributed by atoms with van der Waals surface area (Å²) >= 11 is 12.3. The maximum Gasteiger partial charge on any atom is 0.321 e. The first-order valence-corrected chi connectivity index (χ1v) is 12.0. The molecule has 8 heteroatoms. The number of ether oxygens (including phenoxy) is 2. The van der Waals surface area contributed by atoms with Crippen LogP contribution in [0.25, 0.3) is 10.9 Å². The minimum Gasteiger partial charge on any atom is -0.490 e. The summed E-state index contributed by atoms with van der Waals surface area (Å²) in [7, 11) is 0. The highest BCUT2D eigenvalue weighted by atomic mass is 35.5. The second kappa shape index (κ2) is 11.5. The molecule has 0 spiro atoms. The van der Waals surface area contributed by atoms with Crippen molar-refractivity contribution in [2.75, 3.05) is 6.61 Å². The largest absolute Gasteiger partial charge is 0.490 e. The Kier molecular flexibility index (Phi) is 8.18. The Morgan fingerprint density at radius 1 is 1.03 bits per heavy atom. The molecule has 0 saturated heterocycles. The predicted octanol–water partition coefficient (Wildman–Crippen LogP) is 6.24. The van der Waals surface area contributed by atoms with E-state index in [4.69, 9.17) is 32.7 Å². The molecular formula is C27H26Cl2N2O4. The number of benzene rings is 3. The summed E-state index contributed by atoms with van der Waals surface area (Å²) in [5.74, 6) is 0.205. The molecular weight excluding hydrogens is 487 g/mol. The molecule has 3 aromatic carbocycles. The Hall–Kier alpha value is -3.19. The number of hydrogen-bond donors (Lipinski definition) is 3. The summed E-state index contributed by atoms with van der Waals surface area (Å²) in [5, 5.41) is 15.1. The molecule has 1 heterocycles. The van der Waals surface area contributed by atoms with Gasteiger partial charge in [-0.2, -0.15) is 0 Å². The van der Waals surface area contributed by atoms with Gasteiger partial charge >= 0.3 is 5.97 Å². The Bertz CT molecular complexity index is 1320. The lowest BCUT2D eigenvalue weighted by Gasteiger charge is -2.19. The van der Waals surface area contributed by atoms with E-state index in [-0.39, 0.29) is 13.2 Å². The van der Waals surface area contributed by atoms with E-state index in [1.54, 1.807) is 12.1 Å². The van der Waals surface area contributed by atoms with Crippen LogP contribution < -0.4 is 14.8 Å². The molecule has 0 fully saturated rings. The number of hydrogen-bond acceptors (Lipinski definition) is 4. The molecule has 4 aromatic rings. The minimum absolute atomic E-state index is 0.213. The normalized spacial score (nSPS) is 12.0. The van der Waals surface area contributed by atoms with E-state index >= 15 is 0 Å². The number of nitrogens with one attached hydrogen (secondary N) is 2. The summed E-state index contributed by atoms with van der Waals surface area (Å²) < 4.78 is 11.9. The van der Waals surface area contributed by atoms with Crippen LogP contribution in [0.5, 0.6) is 11.5 Å². The maximum absolute atomic E-state index is 12.1. The van der Waals surface area contributed by atoms with Gasteiger partial charge in [0.05, 0.1) is 6.61 Å². The van der Waals surface area contributed by atoms with Gasteiger partial charge in [-0.3, -0.25) is 10.1 Å². The van der Waals surface area contributed by atoms with E-state index in [0.29, 0.717) is 34.6 Å². The number of rotatable bonds is 11. The fourth-order valence-electron chi connectivity index (χ4n) is 3.92. The SMILES string of the molecule is CCOc1cccc(CNC(Cc2c[nH]c3ccccc23)C(=O)O)c1OCc1ccc(Cl)cc1Cl. The summed E-state index contributed by atoms with van der Waals surface area (Å²) in [4.78, 5) is 15.3. The van der Waals surface area contributed by atoms with Gasteiger partial charge in [0.2, 0.25) is 0 Å². The number of carboxylic acids is 1. The minimum atomic E-state index is -0.924. The molecule has 3 N–H and O–H groups in total. The second-order valence-corrected chi connectivity index (χ2v) is 8.88. The van der Waals surface area contributed by atoms with Crippen LogP contribution in [0.3, 0.4) is 0 Å². The van der Waals surface area contributed by atoms with Crippen molar-refractivity contribution < 1.29 is 19.4 Å². The molecule has 0 saturated carbocycles. The zero-order valence-corrected chi connectivity index (χ0v) is 20.7. The molecule has 1 aromatic heterocycles. The number of aromatic amines is 1. The van der Waals surface area contributed by atoms with E-state index in [9.17, 15) is 9.90 Å². The number of aromatic nitrogens is 1. The Morgan fingerprint density at radius 2 is 1.86 bits per heavy atom. The quantitative estimate of drug-likeness (QED) is 0.221. The Morgan fingerprint density at radius 3 is 2.63 bits per heavy atom. The third-order valence-electron chi connectivity index (χ3n) is 5.68. The van der Waals surface area contributed by atoms with Crippen LogP contribution in [0.1, 0.15) is 23.6 Å². The van der Waals surface area contributed by atoms with E-state index < -0.39 is 12.0 Å². The fraction of sp³-hybridized carbons (Fsp3) is 0.222. The van der Waals surface area contributed by atoms with Crippen LogP contribution in [-0.4, -0.2) is 28.7 Å². The fourth-order valence-corrected chi connectivity index (χ4v) is 4.39. The number of halogens is 2. The van der Waals surface area contributed by atoms with Crippen LogP contribution in [0, 0.1) is 0 Å². The molecule has 1 unspecified atom stereocenters. The summed E-state index contributed by atoms with van der Waals surface area (Å²) in [6.45, 7) is 2.86. The van der Waals surface area contributed by atoms with Gasteiger partial charge in [-0.25, -0.2) is 0 Å². The average Bonchev–Trinajstić information content (AvgIpc) is 3.25. The Balaban J connectivity index is 1.52. The van der Waals surface area contributed by atoms with Gasteiger partial charge in [-0.1, -0.05) is 59.6 Å². The van der Waals surface area contributed by atoms with Crippen molar-refractivity contribution in [3.63, 3.8) is 0 Å². The van der Waals surface area contributed by atoms with E-state index in [1.807, 2.05) is 61.7 Å². The van der Waals surface area contributed by atoms with Crippen molar-refractivity contribution in [1.82, 2.24) is 10.3 Å². The highest BCUT2D eigenvalue weighted by Crippen LogP contribution is 2.33. The molecule has 0 radical (unpaired) electrons. The standard InChI is InChI=1S/C27H26Cl2N2O4/c1-2-34-25-9-5-6-17(26(25)35-16-18-10-11-20(28)13-22(18)29)14-31-24(27(32)33)12-19-15-30-23-8-4-3-7-21(19)23/h3-11,13,15,24,30-31H,2,12,14,16H2,1H3,(H,32,33). The molecule has 182 valence electrons. The van der Waals surface area contributed by atoms with Crippen molar-refractivity contribution in [2.45, 2.75) is 32.5 Å². The van der Waals surface area contributed by atoms with Crippen LogP contribution >= 0.6 is 23.2 Å². The highest BCUT2D eigenvalue weighted by Gasteiger charge is 2.21. The van der Waals surface area contributed by atoms with Gasteiger partial charge in [0.25, 0.3) is 0 Å². The van der Waals surface area contributed by atoms with Gasteiger partial charge in [-0.05, 0) is 36.8 Å². The van der Waals surface area contributed by atoms with E-state index in [0.717, 1.165) is 27.6 Å². The predicted molar refractivity (Wildman–Crippen MR) is 139 cm³/mol. The van der Waals surface area contributed by atoms with Gasteiger partial charge in [0.1, 0.15) is 12.6 Å².